The van der Waals surface area contributed by atoms with Crippen LogP contribution in [0.2, 0.25) is 0 Å². The molecule has 1 aliphatic heterocycles. The van der Waals surface area contributed by atoms with Crippen LogP contribution in [0.25, 0.3) is 0 Å². The molecule has 0 aromatic carbocycles. The van der Waals surface area contributed by atoms with Crippen LogP contribution < -0.4 is 10.6 Å². The Hall–Kier alpha value is -0.850. The largest absolute Gasteiger partial charge is 0.382 e. The van der Waals surface area contributed by atoms with Crippen LogP contribution in [0.4, 0.5) is 0 Å². The van der Waals surface area contributed by atoms with Gasteiger partial charge in [0.15, 0.2) is 5.96 Å². The second-order valence-corrected chi connectivity index (χ2v) is 7.73. The molecule has 1 aliphatic carbocycles. The number of hydrogen-bond acceptors (Lipinski definition) is 4. The van der Waals surface area contributed by atoms with Crippen molar-refractivity contribution >= 4 is 5.96 Å². The lowest BCUT2D eigenvalue weighted by Crippen LogP contribution is -2.49. The third kappa shape index (κ3) is 7.05. The SMILES string of the molecule is CCNC(=NCC1(CCOCC)CCCC1)NCC(C)N1CCOCC1. The van der Waals surface area contributed by atoms with Crippen molar-refractivity contribution < 1.29 is 9.47 Å². The van der Waals surface area contributed by atoms with E-state index in [1.165, 1.54) is 25.7 Å². The van der Waals surface area contributed by atoms with Crippen LogP contribution in [-0.2, 0) is 9.47 Å². The maximum Gasteiger partial charge on any atom is 0.191 e. The molecule has 2 rings (SSSR count). The molecule has 152 valence electrons. The number of aliphatic imine (C=N–C) groups is 1. The number of nitrogens with zero attached hydrogens (tertiary/aromatic N) is 2. The number of guanidine groups is 1. The summed E-state index contributed by atoms with van der Waals surface area (Å²) in [7, 11) is 0. The number of morpholine rings is 1. The molecular weight excluding hydrogens is 328 g/mol. The second-order valence-electron chi connectivity index (χ2n) is 7.73. The first-order chi connectivity index (χ1) is 12.7. The molecule has 2 fully saturated rings. The summed E-state index contributed by atoms with van der Waals surface area (Å²) in [5, 5.41) is 6.97. The molecule has 2 aliphatic rings. The van der Waals surface area contributed by atoms with E-state index in [4.69, 9.17) is 14.5 Å². The Morgan fingerprint density at radius 2 is 1.92 bits per heavy atom. The lowest BCUT2D eigenvalue weighted by atomic mass is 9.83. The van der Waals surface area contributed by atoms with Gasteiger partial charge < -0.3 is 20.1 Å². The lowest BCUT2D eigenvalue weighted by Gasteiger charge is -2.32. The first-order valence-electron chi connectivity index (χ1n) is 10.6. The fourth-order valence-electron chi connectivity index (χ4n) is 4.03. The van der Waals surface area contributed by atoms with E-state index < -0.39 is 0 Å². The summed E-state index contributed by atoms with van der Waals surface area (Å²) in [5.74, 6) is 0.954. The van der Waals surface area contributed by atoms with Gasteiger partial charge in [-0.05, 0) is 45.4 Å². The minimum Gasteiger partial charge on any atom is -0.382 e. The van der Waals surface area contributed by atoms with E-state index in [1.54, 1.807) is 0 Å². The van der Waals surface area contributed by atoms with E-state index in [-0.39, 0.29) is 0 Å². The van der Waals surface area contributed by atoms with E-state index in [0.717, 1.165) is 71.5 Å². The summed E-state index contributed by atoms with van der Waals surface area (Å²) in [6.45, 7) is 14.6. The monoisotopic (exact) mass is 368 g/mol. The average Bonchev–Trinajstić information content (AvgIpc) is 3.14. The van der Waals surface area contributed by atoms with E-state index in [1.807, 2.05) is 0 Å². The van der Waals surface area contributed by atoms with Crippen LogP contribution >= 0.6 is 0 Å². The minimum atomic E-state index is 0.341. The summed E-state index contributed by atoms with van der Waals surface area (Å²) < 4.78 is 11.1. The van der Waals surface area contributed by atoms with Gasteiger partial charge in [-0.2, -0.15) is 0 Å². The predicted molar refractivity (Wildman–Crippen MR) is 108 cm³/mol. The predicted octanol–water partition coefficient (Wildman–Crippen LogP) is 2.25. The smallest absolute Gasteiger partial charge is 0.191 e. The molecule has 6 nitrogen and oxygen atoms in total. The fourth-order valence-corrected chi connectivity index (χ4v) is 4.03. The number of ether oxygens (including phenoxy) is 2. The molecule has 1 heterocycles. The third-order valence-electron chi connectivity index (χ3n) is 5.80. The molecule has 1 saturated carbocycles. The molecule has 0 bridgehead atoms. The molecule has 0 aromatic heterocycles. The van der Waals surface area contributed by atoms with Gasteiger partial charge in [0, 0.05) is 52.0 Å². The molecular formula is C20H40N4O2. The Morgan fingerprint density at radius 3 is 2.58 bits per heavy atom. The topological polar surface area (TPSA) is 58.1 Å². The van der Waals surface area contributed by atoms with Crippen molar-refractivity contribution in [3.63, 3.8) is 0 Å². The highest BCUT2D eigenvalue weighted by Crippen LogP contribution is 2.41. The van der Waals surface area contributed by atoms with Crippen molar-refractivity contribution in [1.82, 2.24) is 15.5 Å². The van der Waals surface area contributed by atoms with E-state index >= 15 is 0 Å². The molecule has 1 atom stereocenters. The highest BCUT2D eigenvalue weighted by molar-refractivity contribution is 5.79. The van der Waals surface area contributed by atoms with Crippen molar-refractivity contribution in [2.24, 2.45) is 10.4 Å². The standard InChI is InChI=1S/C20H40N4O2/c1-4-21-19(22-16-18(3)24-11-14-26-15-12-24)23-17-20(8-6-7-9-20)10-13-25-5-2/h18H,4-17H2,1-3H3,(H2,21,22,23). The fraction of sp³-hybridized carbons (Fsp3) is 0.950. The van der Waals surface area contributed by atoms with Crippen molar-refractivity contribution in [1.29, 1.82) is 0 Å². The number of hydrogen-bond donors (Lipinski definition) is 2. The van der Waals surface area contributed by atoms with Gasteiger partial charge in [-0.15, -0.1) is 0 Å². The maximum absolute atomic E-state index is 5.63. The molecule has 1 unspecified atom stereocenters. The third-order valence-corrected chi connectivity index (χ3v) is 5.80. The molecule has 0 aromatic rings. The van der Waals surface area contributed by atoms with Crippen LogP contribution in [-0.4, -0.2) is 76.1 Å². The lowest BCUT2D eigenvalue weighted by molar-refractivity contribution is 0.0211. The van der Waals surface area contributed by atoms with Crippen LogP contribution in [0.15, 0.2) is 4.99 Å². The zero-order chi connectivity index (χ0) is 18.7. The maximum atomic E-state index is 5.63. The van der Waals surface area contributed by atoms with E-state index in [2.05, 4.69) is 36.3 Å². The van der Waals surface area contributed by atoms with Crippen LogP contribution in [0.3, 0.4) is 0 Å². The number of rotatable bonds is 10. The van der Waals surface area contributed by atoms with Crippen molar-refractivity contribution in [2.45, 2.75) is 58.9 Å². The van der Waals surface area contributed by atoms with Gasteiger partial charge in [0.1, 0.15) is 0 Å². The normalized spacial score (nSPS) is 22.3. The van der Waals surface area contributed by atoms with Crippen molar-refractivity contribution in [3.8, 4) is 0 Å². The first kappa shape index (κ1) is 21.5. The Labute approximate surface area is 160 Å². The second kappa shape index (κ2) is 11.8. The Bertz CT molecular complexity index is 405. The first-order valence-corrected chi connectivity index (χ1v) is 10.6. The Morgan fingerprint density at radius 1 is 1.19 bits per heavy atom. The average molecular weight is 369 g/mol. The summed E-state index contributed by atoms with van der Waals surface area (Å²) in [4.78, 5) is 7.45. The molecule has 1 saturated heterocycles. The summed E-state index contributed by atoms with van der Waals surface area (Å²) in [6, 6.07) is 0.487. The van der Waals surface area contributed by atoms with Gasteiger partial charge in [0.2, 0.25) is 0 Å². The molecule has 0 amide bonds. The Kier molecular flexibility index (Phi) is 9.72. The van der Waals surface area contributed by atoms with Crippen molar-refractivity contribution in [2.75, 3.05) is 59.2 Å². The molecule has 0 radical (unpaired) electrons. The quantitative estimate of drug-likeness (QED) is 0.352. The van der Waals surface area contributed by atoms with Crippen molar-refractivity contribution in [3.05, 3.63) is 0 Å². The highest BCUT2D eigenvalue weighted by Gasteiger charge is 2.33. The summed E-state index contributed by atoms with van der Waals surface area (Å²) >= 11 is 0. The van der Waals surface area contributed by atoms with E-state index in [9.17, 15) is 0 Å². The highest BCUT2D eigenvalue weighted by atomic mass is 16.5. The van der Waals surface area contributed by atoms with Gasteiger partial charge in [-0.25, -0.2) is 0 Å². The van der Waals surface area contributed by atoms with Gasteiger partial charge in [0.05, 0.1) is 13.2 Å². The van der Waals surface area contributed by atoms with Crippen LogP contribution in [0.5, 0.6) is 0 Å². The van der Waals surface area contributed by atoms with E-state index in [0.29, 0.717) is 11.5 Å². The zero-order valence-electron chi connectivity index (χ0n) is 17.2. The van der Waals surface area contributed by atoms with Gasteiger partial charge in [0.25, 0.3) is 0 Å². The minimum absolute atomic E-state index is 0.341. The summed E-state index contributed by atoms with van der Waals surface area (Å²) in [6.07, 6.45) is 6.37. The number of nitrogens with one attached hydrogen (secondary N) is 2. The molecule has 26 heavy (non-hydrogen) atoms. The van der Waals surface area contributed by atoms with Crippen LogP contribution in [0.1, 0.15) is 52.9 Å². The molecule has 6 heteroatoms. The zero-order valence-corrected chi connectivity index (χ0v) is 17.2. The Balaban J connectivity index is 1.85. The van der Waals surface area contributed by atoms with Crippen LogP contribution in [0, 0.1) is 5.41 Å². The van der Waals surface area contributed by atoms with Gasteiger partial charge in [-0.3, -0.25) is 9.89 Å². The summed E-state index contributed by atoms with van der Waals surface area (Å²) in [5.41, 5.74) is 0.341. The molecule has 0 spiro atoms. The van der Waals surface area contributed by atoms with Gasteiger partial charge in [-0.1, -0.05) is 12.8 Å². The molecule has 2 N–H and O–H groups in total. The van der Waals surface area contributed by atoms with Gasteiger partial charge >= 0.3 is 0 Å².